The summed E-state index contributed by atoms with van der Waals surface area (Å²) in [6.07, 6.45) is -5.16. The van der Waals surface area contributed by atoms with Gasteiger partial charge in [-0.1, -0.05) is 17.7 Å². The normalized spacial score (nSPS) is 12.6. The van der Waals surface area contributed by atoms with Crippen LogP contribution in [-0.4, -0.2) is 21.1 Å². The third kappa shape index (κ3) is 6.21. The molecule has 9 heteroatoms. The first kappa shape index (κ1) is 18.2. The van der Waals surface area contributed by atoms with E-state index in [9.17, 15) is 21.6 Å². The highest BCUT2D eigenvalue weighted by Crippen LogP contribution is 2.22. The number of benzene rings is 1. The van der Waals surface area contributed by atoms with Gasteiger partial charge >= 0.3 is 6.18 Å². The van der Waals surface area contributed by atoms with Crippen molar-refractivity contribution in [1.29, 1.82) is 0 Å². The van der Waals surface area contributed by atoms with Gasteiger partial charge < -0.3 is 5.73 Å². The highest BCUT2D eigenvalue weighted by molar-refractivity contribution is 7.89. The first-order valence-corrected chi connectivity index (χ1v) is 8.07. The molecule has 0 heterocycles. The summed E-state index contributed by atoms with van der Waals surface area (Å²) in [4.78, 5) is -0.0412. The van der Waals surface area contributed by atoms with Crippen LogP contribution in [0.1, 0.15) is 24.8 Å². The van der Waals surface area contributed by atoms with E-state index < -0.39 is 22.6 Å². The van der Waals surface area contributed by atoms with E-state index in [1.54, 1.807) is 0 Å². The van der Waals surface area contributed by atoms with E-state index >= 15 is 0 Å². The number of sulfonamides is 1. The van der Waals surface area contributed by atoms with E-state index in [4.69, 9.17) is 17.3 Å². The molecule has 0 aromatic heterocycles. The van der Waals surface area contributed by atoms with Crippen LogP contribution in [-0.2, 0) is 16.6 Å². The van der Waals surface area contributed by atoms with Crippen LogP contribution < -0.4 is 10.5 Å². The lowest BCUT2D eigenvalue weighted by molar-refractivity contribution is -0.135. The average molecular weight is 345 g/mol. The van der Waals surface area contributed by atoms with Gasteiger partial charge in [0.15, 0.2) is 0 Å². The van der Waals surface area contributed by atoms with Gasteiger partial charge in [-0.3, -0.25) is 0 Å². The fourth-order valence-corrected chi connectivity index (χ4v) is 3.02. The lowest BCUT2D eigenvalue weighted by atomic mass is 10.2. The van der Waals surface area contributed by atoms with Gasteiger partial charge in [0.2, 0.25) is 10.0 Å². The van der Waals surface area contributed by atoms with Gasteiger partial charge in [0.05, 0.1) is 4.90 Å². The molecule has 3 N–H and O–H groups in total. The van der Waals surface area contributed by atoms with Crippen molar-refractivity contribution in [1.82, 2.24) is 4.72 Å². The number of hydrogen-bond donors (Lipinski definition) is 2. The zero-order chi connectivity index (χ0) is 16.1. The highest BCUT2D eigenvalue weighted by atomic mass is 35.5. The van der Waals surface area contributed by atoms with Crippen molar-refractivity contribution in [3.63, 3.8) is 0 Å². The molecule has 21 heavy (non-hydrogen) atoms. The zero-order valence-electron chi connectivity index (χ0n) is 11.1. The Balaban J connectivity index is 2.56. The van der Waals surface area contributed by atoms with E-state index in [-0.39, 0.29) is 35.8 Å². The van der Waals surface area contributed by atoms with Crippen LogP contribution in [0.25, 0.3) is 0 Å². The standard InChI is InChI=1S/C12H16ClF3N2O2S/c13-11-7-10(4-3-9(11)8-17)21(19,20)18-6-2-1-5-12(14,15)16/h3-4,7,18H,1-2,5-6,8,17H2. The van der Waals surface area contributed by atoms with Crippen molar-refractivity contribution in [2.45, 2.75) is 36.9 Å². The highest BCUT2D eigenvalue weighted by Gasteiger charge is 2.26. The Labute approximate surface area is 126 Å². The van der Waals surface area contributed by atoms with Crippen LogP contribution in [0.15, 0.2) is 23.1 Å². The summed E-state index contributed by atoms with van der Waals surface area (Å²) in [5.41, 5.74) is 6.03. The van der Waals surface area contributed by atoms with Gasteiger partial charge in [0.25, 0.3) is 0 Å². The van der Waals surface area contributed by atoms with E-state index in [0.29, 0.717) is 5.56 Å². The monoisotopic (exact) mass is 344 g/mol. The second-order valence-electron chi connectivity index (χ2n) is 4.43. The third-order valence-electron chi connectivity index (χ3n) is 2.73. The molecule has 1 aromatic carbocycles. The molecule has 0 amide bonds. The predicted octanol–water partition coefficient (Wildman–Crippen LogP) is 2.81. The van der Waals surface area contributed by atoms with Crippen molar-refractivity contribution in [2.75, 3.05) is 6.54 Å². The van der Waals surface area contributed by atoms with Gasteiger partial charge in [-0.05, 0) is 30.5 Å². The minimum atomic E-state index is -4.22. The second-order valence-corrected chi connectivity index (χ2v) is 6.60. The largest absolute Gasteiger partial charge is 0.389 e. The first-order valence-electron chi connectivity index (χ1n) is 6.20. The maximum absolute atomic E-state index is 11.9. The molecule has 0 atom stereocenters. The molecular weight excluding hydrogens is 329 g/mol. The lowest BCUT2D eigenvalue weighted by Gasteiger charge is -2.09. The van der Waals surface area contributed by atoms with E-state index in [1.165, 1.54) is 18.2 Å². The van der Waals surface area contributed by atoms with Gasteiger partial charge in [-0.25, -0.2) is 13.1 Å². The summed E-state index contributed by atoms with van der Waals surface area (Å²) in [6, 6.07) is 4.12. The number of halogens is 4. The van der Waals surface area contributed by atoms with Gasteiger partial charge in [0.1, 0.15) is 0 Å². The van der Waals surface area contributed by atoms with E-state index in [1.807, 2.05) is 0 Å². The van der Waals surface area contributed by atoms with Crippen molar-refractivity contribution in [3.05, 3.63) is 28.8 Å². The van der Waals surface area contributed by atoms with Crippen molar-refractivity contribution < 1.29 is 21.6 Å². The third-order valence-corrected chi connectivity index (χ3v) is 4.54. The SMILES string of the molecule is NCc1ccc(S(=O)(=O)NCCCCC(F)(F)F)cc1Cl. The first-order chi connectivity index (χ1) is 9.65. The maximum atomic E-state index is 11.9. The maximum Gasteiger partial charge on any atom is 0.389 e. The van der Waals surface area contributed by atoms with Gasteiger partial charge in [-0.15, -0.1) is 0 Å². The van der Waals surface area contributed by atoms with Gasteiger partial charge in [0, 0.05) is 24.5 Å². The summed E-state index contributed by atoms with van der Waals surface area (Å²) in [6.45, 7) is 0.124. The molecule has 0 radical (unpaired) electrons. The molecular formula is C12H16ClF3N2O2S. The Morgan fingerprint density at radius 1 is 1.24 bits per heavy atom. The summed E-state index contributed by atoms with van der Waals surface area (Å²) in [7, 11) is -3.78. The molecule has 4 nitrogen and oxygen atoms in total. The quantitative estimate of drug-likeness (QED) is 0.747. The van der Waals surface area contributed by atoms with Crippen LogP contribution in [0.4, 0.5) is 13.2 Å². The van der Waals surface area contributed by atoms with Crippen LogP contribution >= 0.6 is 11.6 Å². The Morgan fingerprint density at radius 2 is 1.90 bits per heavy atom. The minimum Gasteiger partial charge on any atom is -0.326 e. The lowest BCUT2D eigenvalue weighted by Crippen LogP contribution is -2.25. The minimum absolute atomic E-state index is 0.0412. The summed E-state index contributed by atoms with van der Waals surface area (Å²) in [5, 5.41) is 0.234. The van der Waals surface area contributed by atoms with Crippen LogP contribution in [0.2, 0.25) is 5.02 Å². The Hall–Kier alpha value is -0.830. The fraction of sp³-hybridized carbons (Fsp3) is 0.500. The summed E-state index contributed by atoms with van der Waals surface area (Å²) < 4.78 is 61.9. The molecule has 0 aliphatic carbocycles. The predicted molar refractivity (Wildman–Crippen MR) is 74.4 cm³/mol. The molecule has 0 spiro atoms. The number of nitrogens with two attached hydrogens (primary N) is 1. The van der Waals surface area contributed by atoms with Crippen LogP contribution in [0.5, 0.6) is 0 Å². The Morgan fingerprint density at radius 3 is 2.43 bits per heavy atom. The van der Waals surface area contributed by atoms with Crippen molar-refractivity contribution >= 4 is 21.6 Å². The average Bonchev–Trinajstić information content (AvgIpc) is 2.36. The number of rotatable bonds is 7. The van der Waals surface area contributed by atoms with Crippen molar-refractivity contribution in [2.24, 2.45) is 5.73 Å². The van der Waals surface area contributed by atoms with Crippen molar-refractivity contribution in [3.8, 4) is 0 Å². The molecule has 120 valence electrons. The van der Waals surface area contributed by atoms with Gasteiger partial charge in [-0.2, -0.15) is 13.2 Å². The Bertz CT molecular complexity index is 576. The number of hydrogen-bond acceptors (Lipinski definition) is 3. The smallest absolute Gasteiger partial charge is 0.326 e. The molecule has 1 aromatic rings. The summed E-state index contributed by atoms with van der Waals surface area (Å²) in [5.74, 6) is 0. The van der Waals surface area contributed by atoms with E-state index in [0.717, 1.165) is 0 Å². The molecule has 0 aliphatic rings. The zero-order valence-corrected chi connectivity index (χ0v) is 12.7. The molecule has 0 bridgehead atoms. The van der Waals surface area contributed by atoms with Crippen LogP contribution in [0, 0.1) is 0 Å². The molecule has 0 aliphatic heterocycles. The number of nitrogens with one attached hydrogen (secondary N) is 1. The fourth-order valence-electron chi connectivity index (χ4n) is 1.60. The number of alkyl halides is 3. The van der Waals surface area contributed by atoms with E-state index in [2.05, 4.69) is 4.72 Å². The number of unbranched alkanes of at least 4 members (excludes halogenated alkanes) is 1. The molecule has 0 unspecified atom stereocenters. The topological polar surface area (TPSA) is 72.2 Å². The summed E-state index contributed by atoms with van der Waals surface area (Å²) >= 11 is 5.87. The van der Waals surface area contributed by atoms with Crippen LogP contribution in [0.3, 0.4) is 0 Å². The molecule has 0 saturated carbocycles. The molecule has 0 fully saturated rings. The molecule has 0 saturated heterocycles. The molecule has 1 rings (SSSR count). The Kier molecular flexibility index (Phi) is 6.45. The second kappa shape index (κ2) is 7.44.